The van der Waals surface area contributed by atoms with Gasteiger partial charge in [-0.25, -0.2) is 9.37 Å². The van der Waals surface area contributed by atoms with Crippen molar-refractivity contribution < 1.29 is 13.9 Å². The fourth-order valence-electron chi connectivity index (χ4n) is 2.86. The maximum Gasteiger partial charge on any atom is 0.262 e. The Bertz CT molecular complexity index is 1100. The van der Waals surface area contributed by atoms with Crippen molar-refractivity contribution in [2.75, 3.05) is 18.2 Å². The first kappa shape index (κ1) is 20.9. The standard InChI is InChI=1S/C21H22FN3O3S/c1-13(2)11-25-20(27)15-6-4-5-7-17(15)24-21(25)29-12-19(26)23-14-8-9-18(28-3)16(22)10-14/h4-10,13H,11-12H2,1-3H3,(H,23,26). The van der Waals surface area contributed by atoms with Gasteiger partial charge >= 0.3 is 0 Å². The molecular weight excluding hydrogens is 393 g/mol. The Hall–Kier alpha value is -2.87. The number of thioether (sulfide) groups is 1. The number of carbonyl (C=O) groups excluding carboxylic acids is 1. The molecule has 0 aliphatic heterocycles. The number of anilines is 1. The number of rotatable bonds is 7. The minimum Gasteiger partial charge on any atom is -0.494 e. The third-order valence-corrected chi connectivity index (χ3v) is 5.12. The largest absolute Gasteiger partial charge is 0.494 e. The summed E-state index contributed by atoms with van der Waals surface area (Å²) in [5.74, 6) is -0.490. The SMILES string of the molecule is COc1ccc(NC(=O)CSc2nc3ccccc3c(=O)n2CC(C)C)cc1F. The molecule has 152 valence electrons. The van der Waals surface area contributed by atoms with Crippen molar-refractivity contribution in [1.29, 1.82) is 0 Å². The Labute approximate surface area is 172 Å². The van der Waals surface area contributed by atoms with Crippen molar-refractivity contribution in [3.8, 4) is 5.75 Å². The van der Waals surface area contributed by atoms with Gasteiger partial charge in [0.05, 0.1) is 23.8 Å². The summed E-state index contributed by atoms with van der Waals surface area (Å²) in [6.45, 7) is 4.53. The minimum absolute atomic E-state index is 0.0382. The molecule has 0 aliphatic carbocycles. The maximum atomic E-state index is 13.8. The number of nitrogens with one attached hydrogen (secondary N) is 1. The highest BCUT2D eigenvalue weighted by atomic mass is 32.2. The van der Waals surface area contributed by atoms with Gasteiger partial charge in [-0.15, -0.1) is 0 Å². The minimum atomic E-state index is -0.556. The topological polar surface area (TPSA) is 73.2 Å². The van der Waals surface area contributed by atoms with Crippen LogP contribution in [-0.2, 0) is 11.3 Å². The summed E-state index contributed by atoms with van der Waals surface area (Å²) >= 11 is 1.18. The summed E-state index contributed by atoms with van der Waals surface area (Å²) < 4.78 is 20.3. The van der Waals surface area contributed by atoms with Crippen LogP contribution in [0.25, 0.3) is 10.9 Å². The molecule has 0 unspecified atom stereocenters. The Kier molecular flexibility index (Phi) is 6.53. The van der Waals surface area contributed by atoms with Crippen molar-refractivity contribution in [3.05, 3.63) is 58.6 Å². The molecule has 0 radical (unpaired) electrons. The van der Waals surface area contributed by atoms with Crippen LogP contribution < -0.4 is 15.6 Å². The number of hydrogen-bond acceptors (Lipinski definition) is 5. The summed E-state index contributed by atoms with van der Waals surface area (Å²) in [7, 11) is 1.38. The number of halogens is 1. The van der Waals surface area contributed by atoms with Crippen LogP contribution >= 0.6 is 11.8 Å². The molecule has 6 nitrogen and oxygen atoms in total. The molecular formula is C21H22FN3O3S. The van der Waals surface area contributed by atoms with Gasteiger partial charge in [0.1, 0.15) is 0 Å². The summed E-state index contributed by atoms with van der Waals surface area (Å²) in [4.78, 5) is 29.8. The third-order valence-electron chi connectivity index (χ3n) is 4.14. The first-order chi connectivity index (χ1) is 13.9. The van der Waals surface area contributed by atoms with Crippen LogP contribution in [0.1, 0.15) is 13.8 Å². The van der Waals surface area contributed by atoms with E-state index in [2.05, 4.69) is 10.3 Å². The lowest BCUT2D eigenvalue weighted by molar-refractivity contribution is -0.113. The molecule has 29 heavy (non-hydrogen) atoms. The fraction of sp³-hybridized carbons (Fsp3) is 0.286. The molecule has 0 spiro atoms. The number of methoxy groups -OCH3 is 1. The van der Waals surface area contributed by atoms with Crippen LogP contribution in [-0.4, -0.2) is 28.3 Å². The lowest BCUT2D eigenvalue weighted by atomic mass is 10.2. The van der Waals surface area contributed by atoms with Gasteiger partial charge in [0.15, 0.2) is 16.7 Å². The molecule has 2 aromatic carbocycles. The molecule has 3 rings (SSSR count). The monoisotopic (exact) mass is 415 g/mol. The number of aromatic nitrogens is 2. The Morgan fingerprint density at radius 2 is 2.03 bits per heavy atom. The van der Waals surface area contributed by atoms with Crippen LogP contribution in [0.5, 0.6) is 5.75 Å². The average molecular weight is 415 g/mol. The van der Waals surface area contributed by atoms with E-state index in [-0.39, 0.29) is 28.9 Å². The van der Waals surface area contributed by atoms with E-state index in [9.17, 15) is 14.0 Å². The predicted octanol–water partition coefficient (Wildman–Crippen LogP) is 3.93. The molecule has 0 fully saturated rings. The molecule has 1 heterocycles. The van der Waals surface area contributed by atoms with E-state index in [0.717, 1.165) is 0 Å². The van der Waals surface area contributed by atoms with E-state index in [1.165, 1.54) is 31.0 Å². The van der Waals surface area contributed by atoms with Gasteiger partial charge in [-0.05, 0) is 30.2 Å². The first-order valence-electron chi connectivity index (χ1n) is 9.14. The second-order valence-corrected chi connectivity index (χ2v) is 7.85. The van der Waals surface area contributed by atoms with E-state index in [1.807, 2.05) is 19.9 Å². The molecule has 0 saturated carbocycles. The molecule has 0 saturated heterocycles. The van der Waals surface area contributed by atoms with Gasteiger partial charge in [0, 0.05) is 18.3 Å². The quantitative estimate of drug-likeness (QED) is 0.468. The van der Waals surface area contributed by atoms with E-state index < -0.39 is 5.82 Å². The molecule has 1 aromatic heterocycles. The number of carbonyl (C=O) groups is 1. The number of benzene rings is 2. The van der Waals surface area contributed by atoms with Crippen molar-refractivity contribution in [3.63, 3.8) is 0 Å². The Morgan fingerprint density at radius 1 is 1.28 bits per heavy atom. The number of ether oxygens (including phenoxy) is 1. The van der Waals surface area contributed by atoms with Crippen molar-refractivity contribution >= 4 is 34.3 Å². The summed E-state index contributed by atoms with van der Waals surface area (Å²) in [6.07, 6.45) is 0. The maximum absolute atomic E-state index is 13.8. The summed E-state index contributed by atoms with van der Waals surface area (Å²) in [6, 6.07) is 11.4. The van der Waals surface area contributed by atoms with Gasteiger partial charge < -0.3 is 10.1 Å². The molecule has 0 atom stereocenters. The van der Waals surface area contributed by atoms with Crippen LogP contribution in [0, 0.1) is 11.7 Å². The number of fused-ring (bicyclic) bond motifs is 1. The van der Waals surface area contributed by atoms with Crippen molar-refractivity contribution in [2.24, 2.45) is 5.92 Å². The number of nitrogens with zero attached hydrogens (tertiary/aromatic N) is 2. The van der Waals surface area contributed by atoms with Gasteiger partial charge in [0.2, 0.25) is 5.91 Å². The zero-order valence-electron chi connectivity index (χ0n) is 16.4. The van der Waals surface area contributed by atoms with Gasteiger partial charge in [-0.1, -0.05) is 37.7 Å². The number of hydrogen-bond donors (Lipinski definition) is 1. The first-order valence-corrected chi connectivity index (χ1v) is 10.1. The van der Waals surface area contributed by atoms with E-state index in [1.54, 1.807) is 28.8 Å². The zero-order valence-corrected chi connectivity index (χ0v) is 17.3. The van der Waals surface area contributed by atoms with Gasteiger partial charge in [0.25, 0.3) is 5.56 Å². The fourth-order valence-corrected chi connectivity index (χ4v) is 3.66. The molecule has 3 aromatic rings. The lowest BCUT2D eigenvalue weighted by Crippen LogP contribution is -2.26. The van der Waals surface area contributed by atoms with Gasteiger partial charge in [-0.3, -0.25) is 14.2 Å². The van der Waals surface area contributed by atoms with Crippen LogP contribution in [0.15, 0.2) is 52.4 Å². The third kappa shape index (κ3) is 4.95. The smallest absolute Gasteiger partial charge is 0.262 e. The molecule has 0 aliphatic rings. The average Bonchev–Trinajstić information content (AvgIpc) is 2.69. The number of amides is 1. The van der Waals surface area contributed by atoms with Crippen LogP contribution in [0.3, 0.4) is 0 Å². The highest BCUT2D eigenvalue weighted by Crippen LogP contribution is 2.22. The highest BCUT2D eigenvalue weighted by Gasteiger charge is 2.14. The normalized spacial score (nSPS) is 11.1. The summed E-state index contributed by atoms with van der Waals surface area (Å²) in [5.41, 5.74) is 0.807. The molecule has 1 amide bonds. The summed E-state index contributed by atoms with van der Waals surface area (Å²) in [5, 5.41) is 3.68. The van der Waals surface area contributed by atoms with Crippen LogP contribution in [0.4, 0.5) is 10.1 Å². The lowest BCUT2D eigenvalue weighted by Gasteiger charge is -2.15. The zero-order chi connectivity index (χ0) is 21.0. The van der Waals surface area contributed by atoms with E-state index >= 15 is 0 Å². The van der Waals surface area contributed by atoms with E-state index in [0.29, 0.717) is 28.3 Å². The second-order valence-electron chi connectivity index (χ2n) is 6.91. The molecule has 8 heteroatoms. The van der Waals surface area contributed by atoms with Gasteiger partial charge in [-0.2, -0.15) is 0 Å². The van der Waals surface area contributed by atoms with Crippen LogP contribution in [0.2, 0.25) is 0 Å². The Balaban J connectivity index is 1.79. The number of para-hydroxylation sites is 1. The van der Waals surface area contributed by atoms with Crippen molar-refractivity contribution in [2.45, 2.75) is 25.5 Å². The van der Waals surface area contributed by atoms with E-state index in [4.69, 9.17) is 4.74 Å². The highest BCUT2D eigenvalue weighted by molar-refractivity contribution is 7.99. The van der Waals surface area contributed by atoms with Crippen molar-refractivity contribution in [1.82, 2.24) is 9.55 Å². The molecule has 1 N–H and O–H groups in total. The predicted molar refractivity (Wildman–Crippen MR) is 113 cm³/mol. The Morgan fingerprint density at radius 3 is 2.72 bits per heavy atom. The molecule has 0 bridgehead atoms. The second kappa shape index (κ2) is 9.09.